The van der Waals surface area contributed by atoms with E-state index in [1.165, 1.54) is 40.9 Å². The maximum Gasteiger partial charge on any atom is 0.277 e. The number of rotatable bonds is 7. The van der Waals surface area contributed by atoms with E-state index in [2.05, 4.69) is 17.0 Å². The SMILES string of the molecule is O=C(/C=C/c1ccn(S(=O)(=O)c2ccc(-c3cccc(CN4CCOCC4)c3)s2)c1)NO. The van der Waals surface area contributed by atoms with Crippen molar-refractivity contribution in [1.29, 1.82) is 0 Å². The standard InChI is InChI=1S/C22H23N3O5S2/c26-21(23-27)6-4-17-8-9-25(16-17)32(28,29)22-7-5-20(31-22)19-3-1-2-18(14-19)15-24-10-12-30-13-11-24/h1-9,14,16,27H,10-13,15H2,(H,23,26)/b6-4+. The molecule has 1 aliphatic heterocycles. The highest BCUT2D eigenvalue weighted by Gasteiger charge is 2.20. The van der Waals surface area contributed by atoms with Crippen LogP contribution in [0.3, 0.4) is 0 Å². The Labute approximate surface area is 190 Å². The highest BCUT2D eigenvalue weighted by molar-refractivity contribution is 7.92. The molecule has 3 heterocycles. The van der Waals surface area contributed by atoms with Crippen LogP contribution in [0.25, 0.3) is 16.5 Å². The second kappa shape index (κ2) is 9.80. The van der Waals surface area contributed by atoms with Crippen molar-refractivity contribution in [2.75, 3.05) is 26.3 Å². The summed E-state index contributed by atoms with van der Waals surface area (Å²) in [6, 6.07) is 13.2. The van der Waals surface area contributed by atoms with Gasteiger partial charge in [-0.05, 0) is 47.0 Å². The molecule has 1 fully saturated rings. The summed E-state index contributed by atoms with van der Waals surface area (Å²) in [5.41, 5.74) is 4.16. The summed E-state index contributed by atoms with van der Waals surface area (Å²) in [6.07, 6.45) is 5.36. The van der Waals surface area contributed by atoms with E-state index in [-0.39, 0.29) is 4.21 Å². The summed E-state index contributed by atoms with van der Waals surface area (Å²) in [5, 5.41) is 8.53. The number of nitrogens with one attached hydrogen (secondary N) is 1. The molecule has 32 heavy (non-hydrogen) atoms. The highest BCUT2D eigenvalue weighted by atomic mass is 32.2. The zero-order valence-electron chi connectivity index (χ0n) is 17.2. The molecule has 0 atom stereocenters. The van der Waals surface area contributed by atoms with Gasteiger partial charge in [0.05, 0.1) is 13.2 Å². The van der Waals surface area contributed by atoms with Crippen molar-refractivity contribution in [3.8, 4) is 10.4 Å². The van der Waals surface area contributed by atoms with E-state index in [1.807, 2.05) is 18.2 Å². The third kappa shape index (κ3) is 5.17. The summed E-state index contributed by atoms with van der Waals surface area (Å²) < 4.78 is 32.8. The lowest BCUT2D eigenvalue weighted by atomic mass is 10.1. The molecule has 2 aromatic heterocycles. The minimum atomic E-state index is -3.75. The van der Waals surface area contributed by atoms with Crippen molar-refractivity contribution in [3.63, 3.8) is 0 Å². The number of hydroxylamine groups is 1. The van der Waals surface area contributed by atoms with Gasteiger partial charge in [-0.15, -0.1) is 11.3 Å². The molecule has 8 nitrogen and oxygen atoms in total. The van der Waals surface area contributed by atoms with E-state index in [9.17, 15) is 13.2 Å². The van der Waals surface area contributed by atoms with Crippen molar-refractivity contribution < 1.29 is 23.2 Å². The van der Waals surface area contributed by atoms with Crippen LogP contribution in [0, 0.1) is 0 Å². The Kier molecular flexibility index (Phi) is 6.87. The molecule has 1 amide bonds. The Morgan fingerprint density at radius 2 is 2.00 bits per heavy atom. The van der Waals surface area contributed by atoms with Crippen LogP contribution >= 0.6 is 11.3 Å². The number of nitrogens with zero attached hydrogens (tertiary/aromatic N) is 2. The molecule has 0 spiro atoms. The number of hydrogen-bond acceptors (Lipinski definition) is 7. The quantitative estimate of drug-likeness (QED) is 0.311. The van der Waals surface area contributed by atoms with Crippen molar-refractivity contribution >= 4 is 33.3 Å². The minimum Gasteiger partial charge on any atom is -0.379 e. The molecular formula is C22H23N3O5S2. The highest BCUT2D eigenvalue weighted by Crippen LogP contribution is 2.32. The lowest BCUT2D eigenvalue weighted by Gasteiger charge is -2.26. The summed E-state index contributed by atoms with van der Waals surface area (Å²) in [4.78, 5) is 14.3. The smallest absolute Gasteiger partial charge is 0.277 e. The van der Waals surface area contributed by atoms with Crippen LogP contribution in [-0.4, -0.2) is 54.7 Å². The van der Waals surface area contributed by atoms with Gasteiger partial charge in [0.15, 0.2) is 0 Å². The van der Waals surface area contributed by atoms with E-state index in [1.54, 1.807) is 12.1 Å². The first-order valence-corrected chi connectivity index (χ1v) is 12.3. The maximum atomic E-state index is 13.0. The van der Waals surface area contributed by atoms with Gasteiger partial charge < -0.3 is 4.74 Å². The van der Waals surface area contributed by atoms with Crippen LogP contribution < -0.4 is 5.48 Å². The third-order valence-electron chi connectivity index (χ3n) is 5.06. The maximum absolute atomic E-state index is 13.0. The number of benzene rings is 1. The first-order valence-electron chi connectivity index (χ1n) is 10.0. The topological polar surface area (TPSA) is 101 Å². The summed E-state index contributed by atoms with van der Waals surface area (Å²) in [5.74, 6) is -0.695. The molecule has 1 aliphatic rings. The van der Waals surface area contributed by atoms with Gasteiger partial charge in [0.25, 0.3) is 15.9 Å². The van der Waals surface area contributed by atoms with Crippen molar-refractivity contribution in [3.05, 3.63) is 72.1 Å². The molecule has 2 N–H and O–H groups in total. The van der Waals surface area contributed by atoms with E-state index in [0.717, 1.165) is 53.3 Å². The Morgan fingerprint density at radius 1 is 1.19 bits per heavy atom. The van der Waals surface area contributed by atoms with Crippen LogP contribution in [0.5, 0.6) is 0 Å². The van der Waals surface area contributed by atoms with Crippen molar-refractivity contribution in [1.82, 2.24) is 14.4 Å². The average molecular weight is 474 g/mol. The van der Waals surface area contributed by atoms with Gasteiger partial charge in [-0.3, -0.25) is 14.9 Å². The number of morpholine rings is 1. The van der Waals surface area contributed by atoms with Gasteiger partial charge in [0.1, 0.15) is 4.21 Å². The van der Waals surface area contributed by atoms with E-state index >= 15 is 0 Å². The van der Waals surface area contributed by atoms with Crippen LogP contribution in [0.1, 0.15) is 11.1 Å². The second-order valence-electron chi connectivity index (χ2n) is 7.30. The van der Waals surface area contributed by atoms with Gasteiger partial charge in [-0.2, -0.15) is 8.42 Å². The number of hydrogen-bond donors (Lipinski definition) is 2. The monoisotopic (exact) mass is 473 g/mol. The van der Waals surface area contributed by atoms with Crippen LogP contribution in [0.15, 0.2) is 65.1 Å². The van der Waals surface area contributed by atoms with E-state index < -0.39 is 15.9 Å². The number of carbonyl (C=O) groups is 1. The zero-order chi connectivity index (χ0) is 22.6. The van der Waals surface area contributed by atoms with Gasteiger partial charge in [0.2, 0.25) is 0 Å². The number of thiophene rings is 1. The molecule has 1 saturated heterocycles. The molecule has 0 aliphatic carbocycles. The summed E-state index contributed by atoms with van der Waals surface area (Å²) in [6.45, 7) is 4.14. The summed E-state index contributed by atoms with van der Waals surface area (Å²) in [7, 11) is -3.75. The molecule has 0 bridgehead atoms. The number of ether oxygens (including phenoxy) is 1. The molecular weight excluding hydrogens is 450 g/mol. The largest absolute Gasteiger partial charge is 0.379 e. The van der Waals surface area contributed by atoms with Gasteiger partial charge >= 0.3 is 0 Å². The number of aromatic nitrogens is 1. The fourth-order valence-electron chi connectivity index (χ4n) is 3.41. The van der Waals surface area contributed by atoms with Gasteiger partial charge in [-0.25, -0.2) is 9.45 Å². The van der Waals surface area contributed by atoms with Crippen LogP contribution in [0.4, 0.5) is 0 Å². The normalized spacial score (nSPS) is 15.3. The lowest BCUT2D eigenvalue weighted by Crippen LogP contribution is -2.35. The Bertz CT molecular complexity index is 1220. The molecule has 4 rings (SSSR count). The lowest BCUT2D eigenvalue weighted by molar-refractivity contribution is -0.124. The Balaban J connectivity index is 1.52. The van der Waals surface area contributed by atoms with Gasteiger partial charge in [0, 0.05) is 43.0 Å². The molecule has 0 saturated carbocycles. The molecule has 3 aromatic rings. The summed E-state index contributed by atoms with van der Waals surface area (Å²) >= 11 is 1.22. The Morgan fingerprint density at radius 3 is 2.78 bits per heavy atom. The second-order valence-corrected chi connectivity index (χ2v) is 10.5. The van der Waals surface area contributed by atoms with Crippen molar-refractivity contribution in [2.45, 2.75) is 10.8 Å². The minimum absolute atomic E-state index is 0.227. The first kappa shape index (κ1) is 22.4. The number of carbonyl (C=O) groups excluding carboxylic acids is 1. The van der Waals surface area contributed by atoms with E-state index in [0.29, 0.717) is 5.56 Å². The predicted octanol–water partition coefficient (Wildman–Crippen LogP) is 2.80. The van der Waals surface area contributed by atoms with Crippen LogP contribution in [-0.2, 0) is 26.1 Å². The molecule has 1 aromatic carbocycles. The fraction of sp³-hybridized carbons (Fsp3) is 0.227. The van der Waals surface area contributed by atoms with E-state index in [4.69, 9.17) is 9.94 Å². The van der Waals surface area contributed by atoms with Crippen LogP contribution in [0.2, 0.25) is 0 Å². The Hall–Kier alpha value is -2.76. The zero-order valence-corrected chi connectivity index (χ0v) is 18.8. The third-order valence-corrected chi connectivity index (χ3v) is 8.30. The predicted molar refractivity (Wildman–Crippen MR) is 122 cm³/mol. The average Bonchev–Trinajstić information content (AvgIpc) is 3.49. The van der Waals surface area contributed by atoms with Crippen molar-refractivity contribution in [2.24, 2.45) is 0 Å². The van der Waals surface area contributed by atoms with Gasteiger partial charge in [-0.1, -0.05) is 18.2 Å². The first-order chi connectivity index (χ1) is 15.5. The molecule has 10 heteroatoms. The molecule has 0 radical (unpaired) electrons. The molecule has 0 unspecified atom stereocenters. The molecule has 168 valence electrons. The fourth-order valence-corrected chi connectivity index (χ4v) is 6.02. The number of amides is 1.